The summed E-state index contributed by atoms with van der Waals surface area (Å²) in [5, 5.41) is 4.45. The van der Waals surface area contributed by atoms with Crippen LogP contribution in [0.25, 0.3) is 26.5 Å². The summed E-state index contributed by atoms with van der Waals surface area (Å²) in [5.41, 5.74) is 0.516. The molecule has 25 heavy (non-hydrogen) atoms. The van der Waals surface area contributed by atoms with E-state index in [-0.39, 0.29) is 11.2 Å². The molecule has 0 bridgehead atoms. The molecule has 1 heterocycles. The highest BCUT2D eigenvalue weighted by Gasteiger charge is 2.29. The van der Waals surface area contributed by atoms with Gasteiger partial charge in [-0.15, -0.1) is 0 Å². The molecule has 0 spiro atoms. The number of thioether (sulfide) groups is 1. The first-order chi connectivity index (χ1) is 12.1. The van der Waals surface area contributed by atoms with E-state index in [0.29, 0.717) is 26.1 Å². The van der Waals surface area contributed by atoms with Crippen LogP contribution in [0, 0.1) is 0 Å². The summed E-state index contributed by atoms with van der Waals surface area (Å²) in [6.45, 7) is 0. The fraction of sp³-hybridized carbons (Fsp3) is 0. The van der Waals surface area contributed by atoms with Gasteiger partial charge in [-0.3, -0.25) is 9.59 Å². The van der Waals surface area contributed by atoms with Crippen LogP contribution in [0.1, 0.15) is 10.4 Å². The lowest BCUT2D eigenvalue weighted by atomic mass is 10.1. The molecule has 0 fully saturated rings. The number of ketones is 1. The van der Waals surface area contributed by atoms with Gasteiger partial charge >= 0.3 is 0 Å². The highest BCUT2D eigenvalue weighted by molar-refractivity contribution is 9.10. The highest BCUT2D eigenvalue weighted by atomic mass is 79.9. The Morgan fingerprint density at radius 2 is 1.72 bits per heavy atom. The third-order valence-corrected chi connectivity index (χ3v) is 6.64. The average Bonchev–Trinajstić information content (AvgIpc) is 3.06. The predicted octanol–water partition coefficient (Wildman–Crippen LogP) is 5.02. The van der Waals surface area contributed by atoms with Crippen molar-refractivity contribution >= 4 is 71.5 Å². The van der Waals surface area contributed by atoms with Gasteiger partial charge in [-0.2, -0.15) is 0 Å². The first-order valence-electron chi connectivity index (χ1n) is 7.59. The van der Waals surface area contributed by atoms with E-state index in [9.17, 15) is 9.59 Å². The first kappa shape index (κ1) is 15.4. The number of Topliss-reactive ketones (excluding diaryl/α,β-unsaturated/α-hetero) is 1. The zero-order chi connectivity index (χ0) is 17.3. The molecule has 5 rings (SSSR count). The van der Waals surface area contributed by atoms with E-state index in [2.05, 4.69) is 15.9 Å². The van der Waals surface area contributed by atoms with Crippen molar-refractivity contribution in [3.8, 4) is 0 Å². The Kier molecular flexibility index (Phi) is 3.26. The zero-order valence-electron chi connectivity index (χ0n) is 12.6. The Balaban J connectivity index is 1.97. The largest absolute Gasteiger partial charge is 0.289 e. The lowest BCUT2D eigenvalue weighted by Gasteiger charge is -2.00. The van der Waals surface area contributed by atoms with E-state index >= 15 is 0 Å². The van der Waals surface area contributed by atoms with Crippen molar-refractivity contribution in [1.29, 1.82) is 0 Å². The van der Waals surface area contributed by atoms with Gasteiger partial charge in [-0.1, -0.05) is 57.5 Å². The quantitative estimate of drug-likeness (QED) is 0.395. The van der Waals surface area contributed by atoms with Crippen LogP contribution in [0.2, 0.25) is 5.02 Å². The van der Waals surface area contributed by atoms with Crippen molar-refractivity contribution in [1.82, 2.24) is 0 Å². The minimum absolute atomic E-state index is 0.0894. The van der Waals surface area contributed by atoms with Gasteiger partial charge in [0.25, 0.3) is 0 Å². The van der Waals surface area contributed by atoms with E-state index in [0.717, 1.165) is 25.5 Å². The second kappa shape index (κ2) is 5.31. The van der Waals surface area contributed by atoms with Crippen molar-refractivity contribution < 1.29 is 4.79 Å². The molecular formula is C20H8BrClO2S. The number of hydrogen-bond acceptors (Lipinski definition) is 3. The number of rotatable bonds is 0. The molecule has 2 nitrogen and oxygen atoms in total. The first-order valence-corrected chi connectivity index (χ1v) is 9.57. The van der Waals surface area contributed by atoms with Crippen LogP contribution in [0.5, 0.6) is 0 Å². The Morgan fingerprint density at radius 1 is 0.920 bits per heavy atom. The minimum atomic E-state index is -0.108. The number of carbonyl (C=O) groups is 1. The monoisotopic (exact) mass is 426 g/mol. The summed E-state index contributed by atoms with van der Waals surface area (Å²) in [6.07, 6.45) is 0. The van der Waals surface area contributed by atoms with E-state index < -0.39 is 0 Å². The van der Waals surface area contributed by atoms with Crippen molar-refractivity contribution in [3.63, 3.8) is 0 Å². The average molecular weight is 428 g/mol. The second-order valence-electron chi connectivity index (χ2n) is 5.93. The third-order valence-electron chi connectivity index (χ3n) is 4.56. The number of benzene rings is 3. The Bertz CT molecular complexity index is 1330. The zero-order valence-corrected chi connectivity index (χ0v) is 15.8. The lowest BCUT2D eigenvalue weighted by Crippen LogP contribution is -2.23. The molecule has 4 aromatic carbocycles. The predicted molar refractivity (Wildman–Crippen MR) is 107 cm³/mol. The van der Waals surface area contributed by atoms with Crippen molar-refractivity contribution in [2.75, 3.05) is 0 Å². The van der Waals surface area contributed by atoms with Crippen LogP contribution in [-0.2, 0) is 0 Å². The molecule has 120 valence electrons. The number of hydrogen-bond donors (Lipinski definition) is 0. The van der Waals surface area contributed by atoms with Crippen LogP contribution in [0.4, 0.5) is 0 Å². The van der Waals surface area contributed by atoms with Crippen LogP contribution >= 0.6 is 39.3 Å². The third kappa shape index (κ3) is 2.05. The summed E-state index contributed by atoms with van der Waals surface area (Å²) in [6, 6.07) is 14.7. The van der Waals surface area contributed by atoms with Crippen molar-refractivity contribution in [2.45, 2.75) is 4.90 Å². The topological polar surface area (TPSA) is 34.1 Å². The minimum Gasteiger partial charge on any atom is -0.289 e. The standard InChI is InChI=1S/C20H8BrClO2S/c21-14-7-6-13-16-10(14)2-1-3-12(16)17(18(13)23)20-19(24)11-5-4-9(22)8-15(11)25-20/h1-8H/b20-17-. The summed E-state index contributed by atoms with van der Waals surface area (Å²) in [5.74, 6) is -0.108. The van der Waals surface area contributed by atoms with E-state index in [1.165, 1.54) is 11.8 Å². The van der Waals surface area contributed by atoms with Gasteiger partial charge in [0.05, 0.1) is 4.91 Å². The Morgan fingerprint density at radius 3 is 2.56 bits per heavy atom. The fourth-order valence-electron chi connectivity index (χ4n) is 3.46. The van der Waals surface area contributed by atoms with Gasteiger partial charge in [0.2, 0.25) is 5.78 Å². The normalized spacial score (nSPS) is 16.2. The second-order valence-corrected chi connectivity index (χ2v) is 8.27. The maximum atomic E-state index is 13.1. The van der Waals surface area contributed by atoms with Gasteiger partial charge < -0.3 is 0 Å². The van der Waals surface area contributed by atoms with Crippen molar-refractivity contribution in [2.24, 2.45) is 0 Å². The molecule has 0 amide bonds. The van der Waals surface area contributed by atoms with Crippen LogP contribution in [0.15, 0.2) is 62.7 Å². The Labute approximate surface area is 159 Å². The van der Waals surface area contributed by atoms with Gasteiger partial charge in [-0.25, -0.2) is 0 Å². The highest BCUT2D eigenvalue weighted by Crippen LogP contribution is 2.42. The molecule has 5 heteroatoms. The van der Waals surface area contributed by atoms with Crippen LogP contribution < -0.4 is 10.6 Å². The van der Waals surface area contributed by atoms with E-state index in [4.69, 9.17) is 11.6 Å². The number of halogens is 2. The summed E-state index contributed by atoms with van der Waals surface area (Å²) in [7, 11) is 0. The van der Waals surface area contributed by atoms with E-state index in [1.807, 2.05) is 30.3 Å². The smallest absolute Gasteiger partial charge is 0.201 e. The molecule has 4 aromatic rings. The molecule has 0 saturated heterocycles. The van der Waals surface area contributed by atoms with Crippen molar-refractivity contribution in [3.05, 3.63) is 79.0 Å². The number of carbonyl (C=O) groups excluding carboxylic acids is 1. The molecule has 0 unspecified atom stereocenters. The maximum absolute atomic E-state index is 13.1. The molecule has 0 atom stereocenters. The lowest BCUT2D eigenvalue weighted by molar-refractivity contribution is 0.105. The molecule has 1 aliphatic rings. The molecule has 0 saturated carbocycles. The molecule has 0 aliphatic carbocycles. The van der Waals surface area contributed by atoms with E-state index in [1.54, 1.807) is 18.2 Å². The fourth-order valence-corrected chi connectivity index (χ4v) is 5.35. The Hall–Kier alpha value is -1.88. The maximum Gasteiger partial charge on any atom is 0.201 e. The molecule has 0 N–H and O–H groups in total. The molecular weight excluding hydrogens is 420 g/mol. The number of fused-ring (bicyclic) bond motifs is 1. The summed E-state index contributed by atoms with van der Waals surface area (Å²) >= 11 is 10.9. The van der Waals surface area contributed by atoms with Crippen LogP contribution in [-0.4, -0.2) is 5.78 Å². The summed E-state index contributed by atoms with van der Waals surface area (Å²) in [4.78, 5) is 27.3. The SMILES string of the molecule is O=C1/C(=c2/c(=O)c3ccc(Br)c4cccc2c43)Sc2cc(Cl)ccc21. The van der Waals surface area contributed by atoms with Gasteiger partial charge in [0, 0.05) is 35.9 Å². The molecule has 1 aliphatic heterocycles. The van der Waals surface area contributed by atoms with Gasteiger partial charge in [-0.05, 0) is 41.1 Å². The summed E-state index contributed by atoms with van der Waals surface area (Å²) < 4.78 is 0.938. The molecule has 0 aromatic heterocycles. The van der Waals surface area contributed by atoms with Gasteiger partial charge in [0.15, 0.2) is 5.43 Å². The van der Waals surface area contributed by atoms with Gasteiger partial charge in [0.1, 0.15) is 0 Å². The van der Waals surface area contributed by atoms with Crippen LogP contribution in [0.3, 0.4) is 0 Å². The molecule has 0 radical (unpaired) electrons.